The molecular formula is C11H13BrClNO2. The number of ether oxygens (including phenoxy) is 1. The summed E-state index contributed by atoms with van der Waals surface area (Å²) in [5.41, 5.74) is 0. The lowest BCUT2D eigenvalue weighted by Crippen LogP contribution is -2.36. The molecule has 1 N–H and O–H groups in total. The Bertz CT molecular complexity index is 384. The predicted octanol–water partition coefficient (Wildman–Crippen LogP) is 3.01. The number of nitrogens with one attached hydrogen (secondary N) is 1. The van der Waals surface area contributed by atoms with Crippen LogP contribution in [0.15, 0.2) is 22.7 Å². The average molecular weight is 307 g/mol. The van der Waals surface area contributed by atoms with Crippen molar-refractivity contribution in [3.05, 3.63) is 27.7 Å². The van der Waals surface area contributed by atoms with Gasteiger partial charge in [0.2, 0.25) is 0 Å². The van der Waals surface area contributed by atoms with Crippen LogP contribution in [0.2, 0.25) is 5.02 Å². The van der Waals surface area contributed by atoms with E-state index in [2.05, 4.69) is 21.2 Å². The third-order valence-electron chi connectivity index (χ3n) is 1.92. The Morgan fingerprint density at radius 3 is 2.88 bits per heavy atom. The van der Waals surface area contributed by atoms with Crippen molar-refractivity contribution in [2.75, 3.05) is 6.54 Å². The molecule has 1 aromatic rings. The normalized spacial score (nSPS) is 12.0. The molecule has 0 bridgehead atoms. The summed E-state index contributed by atoms with van der Waals surface area (Å²) >= 11 is 9.12. The molecule has 5 heteroatoms. The topological polar surface area (TPSA) is 38.3 Å². The molecule has 16 heavy (non-hydrogen) atoms. The smallest absolute Gasteiger partial charge is 0.260 e. The second-order valence-electron chi connectivity index (χ2n) is 3.23. The van der Waals surface area contributed by atoms with Crippen LogP contribution in [0.1, 0.15) is 13.8 Å². The molecule has 0 aliphatic rings. The first-order valence-electron chi connectivity index (χ1n) is 4.94. The summed E-state index contributed by atoms with van der Waals surface area (Å²) in [6.07, 6.45) is -0.530. The number of amides is 1. The number of hydrogen-bond acceptors (Lipinski definition) is 2. The quantitative estimate of drug-likeness (QED) is 0.928. The van der Waals surface area contributed by atoms with Gasteiger partial charge in [-0.25, -0.2) is 0 Å². The van der Waals surface area contributed by atoms with Crippen molar-refractivity contribution in [2.24, 2.45) is 0 Å². The van der Waals surface area contributed by atoms with Gasteiger partial charge >= 0.3 is 0 Å². The van der Waals surface area contributed by atoms with Crippen LogP contribution in [0, 0.1) is 0 Å². The lowest BCUT2D eigenvalue weighted by atomic mass is 10.3. The third kappa shape index (κ3) is 3.68. The van der Waals surface area contributed by atoms with Gasteiger partial charge in [0.1, 0.15) is 5.75 Å². The van der Waals surface area contributed by atoms with Crippen molar-refractivity contribution in [1.82, 2.24) is 5.32 Å². The number of hydrogen-bond donors (Lipinski definition) is 1. The molecule has 0 unspecified atom stereocenters. The Morgan fingerprint density at radius 1 is 1.62 bits per heavy atom. The first-order valence-corrected chi connectivity index (χ1v) is 6.11. The van der Waals surface area contributed by atoms with E-state index in [0.717, 1.165) is 4.47 Å². The van der Waals surface area contributed by atoms with Crippen molar-refractivity contribution in [2.45, 2.75) is 20.0 Å². The third-order valence-corrected chi connectivity index (χ3v) is 2.77. The van der Waals surface area contributed by atoms with Crippen molar-refractivity contribution in [3.8, 4) is 5.75 Å². The van der Waals surface area contributed by atoms with Gasteiger partial charge in [-0.1, -0.05) is 11.6 Å². The molecule has 0 aliphatic carbocycles. The minimum Gasteiger partial charge on any atom is -0.480 e. The van der Waals surface area contributed by atoms with Gasteiger partial charge in [0.05, 0.1) is 4.47 Å². The van der Waals surface area contributed by atoms with E-state index >= 15 is 0 Å². The van der Waals surface area contributed by atoms with E-state index in [1.54, 1.807) is 25.1 Å². The van der Waals surface area contributed by atoms with Crippen molar-refractivity contribution >= 4 is 33.4 Å². The van der Waals surface area contributed by atoms with E-state index in [4.69, 9.17) is 16.3 Å². The van der Waals surface area contributed by atoms with Gasteiger partial charge in [0, 0.05) is 11.6 Å². The molecule has 1 amide bonds. The molecule has 3 nitrogen and oxygen atoms in total. The van der Waals surface area contributed by atoms with Gasteiger partial charge in [-0.05, 0) is 48.0 Å². The molecule has 0 radical (unpaired) electrons. The summed E-state index contributed by atoms with van der Waals surface area (Å²) in [5.74, 6) is 0.465. The molecule has 0 aromatic heterocycles. The highest BCUT2D eigenvalue weighted by molar-refractivity contribution is 9.10. The average Bonchev–Trinajstić information content (AvgIpc) is 2.22. The summed E-state index contributed by atoms with van der Waals surface area (Å²) in [7, 11) is 0. The molecule has 0 fully saturated rings. The molecule has 0 spiro atoms. The van der Waals surface area contributed by atoms with Crippen LogP contribution in [-0.2, 0) is 4.79 Å². The zero-order valence-corrected chi connectivity index (χ0v) is 11.4. The van der Waals surface area contributed by atoms with E-state index in [0.29, 0.717) is 17.3 Å². The molecule has 0 aliphatic heterocycles. The highest BCUT2D eigenvalue weighted by Gasteiger charge is 2.14. The predicted molar refractivity (Wildman–Crippen MR) is 67.9 cm³/mol. The fourth-order valence-corrected chi connectivity index (χ4v) is 1.91. The van der Waals surface area contributed by atoms with Crippen molar-refractivity contribution < 1.29 is 9.53 Å². The van der Waals surface area contributed by atoms with E-state index in [-0.39, 0.29) is 5.91 Å². The van der Waals surface area contributed by atoms with Crippen LogP contribution in [-0.4, -0.2) is 18.6 Å². The first-order chi connectivity index (χ1) is 7.54. The van der Waals surface area contributed by atoms with Crippen LogP contribution >= 0.6 is 27.5 Å². The van der Waals surface area contributed by atoms with Crippen LogP contribution in [0.25, 0.3) is 0 Å². The standard InChI is InChI=1S/C11H13BrClNO2/c1-3-14-11(15)7(2)16-10-5-4-8(13)6-9(10)12/h4-7H,3H2,1-2H3,(H,14,15)/t7-/m0/s1. The zero-order valence-electron chi connectivity index (χ0n) is 9.09. The maximum absolute atomic E-state index is 11.4. The minimum absolute atomic E-state index is 0.135. The Morgan fingerprint density at radius 2 is 2.31 bits per heavy atom. The number of halogens is 2. The monoisotopic (exact) mass is 305 g/mol. The van der Waals surface area contributed by atoms with Crippen molar-refractivity contribution in [1.29, 1.82) is 0 Å². The highest BCUT2D eigenvalue weighted by Crippen LogP contribution is 2.28. The van der Waals surface area contributed by atoms with E-state index in [9.17, 15) is 4.79 Å². The lowest BCUT2D eigenvalue weighted by molar-refractivity contribution is -0.127. The minimum atomic E-state index is -0.530. The molecule has 0 saturated heterocycles. The van der Waals surface area contributed by atoms with Crippen molar-refractivity contribution in [3.63, 3.8) is 0 Å². The van der Waals surface area contributed by atoms with E-state index < -0.39 is 6.10 Å². The van der Waals surface area contributed by atoms with Gasteiger partial charge in [-0.15, -0.1) is 0 Å². The molecule has 0 saturated carbocycles. The highest BCUT2D eigenvalue weighted by atomic mass is 79.9. The number of carbonyl (C=O) groups excluding carboxylic acids is 1. The molecule has 1 rings (SSSR count). The summed E-state index contributed by atoms with van der Waals surface area (Å²) in [6, 6.07) is 5.16. The summed E-state index contributed by atoms with van der Waals surface area (Å²) in [5, 5.41) is 3.31. The van der Waals surface area contributed by atoms with Crippen LogP contribution in [0.3, 0.4) is 0 Å². The van der Waals surface area contributed by atoms with Crippen LogP contribution in [0.5, 0.6) is 5.75 Å². The van der Waals surface area contributed by atoms with Gasteiger partial charge in [0.25, 0.3) is 5.91 Å². The van der Waals surface area contributed by atoms with E-state index in [1.807, 2.05) is 6.92 Å². The van der Waals surface area contributed by atoms with Gasteiger partial charge in [0.15, 0.2) is 6.10 Å². The Hall–Kier alpha value is -0.740. The molecular weight excluding hydrogens is 293 g/mol. The Balaban J connectivity index is 2.69. The second-order valence-corrected chi connectivity index (χ2v) is 4.52. The fourth-order valence-electron chi connectivity index (χ4n) is 1.13. The number of carbonyl (C=O) groups is 1. The van der Waals surface area contributed by atoms with Crippen LogP contribution < -0.4 is 10.1 Å². The number of rotatable bonds is 4. The largest absolute Gasteiger partial charge is 0.480 e. The Labute approximate surface area is 108 Å². The molecule has 1 aromatic carbocycles. The molecule has 88 valence electrons. The zero-order chi connectivity index (χ0) is 12.1. The maximum atomic E-state index is 11.4. The number of likely N-dealkylation sites (N-methyl/N-ethyl adjacent to an activating group) is 1. The summed E-state index contributed by atoms with van der Waals surface area (Å²) < 4.78 is 6.23. The molecule has 0 heterocycles. The van der Waals surface area contributed by atoms with Gasteiger partial charge in [-0.2, -0.15) is 0 Å². The maximum Gasteiger partial charge on any atom is 0.260 e. The first kappa shape index (κ1) is 13.3. The fraction of sp³-hybridized carbons (Fsp3) is 0.364. The van der Waals surface area contributed by atoms with Crippen LogP contribution in [0.4, 0.5) is 0 Å². The molecule has 1 atom stereocenters. The Kier molecular flexibility index (Phi) is 5.09. The lowest BCUT2D eigenvalue weighted by Gasteiger charge is -2.15. The second kappa shape index (κ2) is 6.11. The number of benzene rings is 1. The summed E-state index contributed by atoms with van der Waals surface area (Å²) in [4.78, 5) is 11.4. The van der Waals surface area contributed by atoms with E-state index in [1.165, 1.54) is 0 Å². The summed E-state index contributed by atoms with van der Waals surface area (Å²) in [6.45, 7) is 4.16. The van der Waals surface area contributed by atoms with Gasteiger partial charge < -0.3 is 10.1 Å². The van der Waals surface area contributed by atoms with Gasteiger partial charge in [-0.3, -0.25) is 4.79 Å². The SMILES string of the molecule is CCNC(=O)[C@H](C)Oc1ccc(Cl)cc1Br.